The van der Waals surface area contributed by atoms with Gasteiger partial charge in [0.15, 0.2) is 11.2 Å². The number of fused-ring (bicyclic) bond motifs is 1. The Labute approximate surface area is 76.4 Å². The van der Waals surface area contributed by atoms with Gasteiger partial charge in [0.2, 0.25) is 0 Å². The number of nitrogens with one attached hydrogen (secondary N) is 2. The number of hydrogen-bond acceptors (Lipinski definition) is 4. The van der Waals surface area contributed by atoms with Gasteiger partial charge in [-0.05, 0) is 0 Å². The molecule has 0 aliphatic heterocycles. The van der Waals surface area contributed by atoms with Crippen LogP contribution in [0, 0.1) is 0 Å². The van der Waals surface area contributed by atoms with Crippen molar-refractivity contribution in [3.05, 3.63) is 27.2 Å². The summed E-state index contributed by atoms with van der Waals surface area (Å²) in [4.78, 5) is 29.4. The van der Waals surface area contributed by atoms with Crippen LogP contribution in [-0.2, 0) is 0 Å². The Morgan fingerprint density at radius 3 is 2.77 bits per heavy atom. The minimum atomic E-state index is -0.677. The fraction of sp³-hybridized carbons (Fsp3) is 0. The first-order valence-electron chi connectivity index (χ1n) is 3.07. The summed E-state index contributed by atoms with van der Waals surface area (Å²) >= 11 is 0. The SMILES string of the molecule is Cl.O=c1[nH]c(=O)c2ncn(O)c2[nH]1. The molecule has 2 aromatic heterocycles. The van der Waals surface area contributed by atoms with E-state index in [-0.39, 0.29) is 23.6 Å². The van der Waals surface area contributed by atoms with Gasteiger partial charge in [-0.25, -0.2) is 9.78 Å². The van der Waals surface area contributed by atoms with Crippen molar-refractivity contribution in [2.75, 3.05) is 0 Å². The van der Waals surface area contributed by atoms with Crippen LogP contribution in [-0.4, -0.2) is 24.9 Å². The van der Waals surface area contributed by atoms with Gasteiger partial charge in [-0.15, -0.1) is 12.4 Å². The highest BCUT2D eigenvalue weighted by Gasteiger charge is 2.05. The lowest BCUT2D eigenvalue weighted by Gasteiger charge is -1.89. The summed E-state index contributed by atoms with van der Waals surface area (Å²) < 4.78 is 0.575. The summed E-state index contributed by atoms with van der Waals surface area (Å²) in [5.74, 6) is 0. The first kappa shape index (κ1) is 9.33. The Morgan fingerprint density at radius 1 is 1.38 bits per heavy atom. The molecule has 0 fully saturated rings. The van der Waals surface area contributed by atoms with Gasteiger partial charge < -0.3 is 5.21 Å². The van der Waals surface area contributed by atoms with Gasteiger partial charge in [0.05, 0.1) is 0 Å². The average molecular weight is 205 g/mol. The molecule has 2 aromatic rings. The van der Waals surface area contributed by atoms with Crippen molar-refractivity contribution < 1.29 is 5.21 Å². The minimum absolute atomic E-state index is 0. The van der Waals surface area contributed by atoms with E-state index < -0.39 is 11.2 Å². The molecule has 7 nitrogen and oxygen atoms in total. The number of aromatic nitrogens is 4. The highest BCUT2D eigenvalue weighted by atomic mass is 35.5. The smallest absolute Gasteiger partial charge is 0.327 e. The lowest BCUT2D eigenvalue weighted by atomic mass is 10.5. The molecule has 0 aliphatic carbocycles. The van der Waals surface area contributed by atoms with E-state index in [0.29, 0.717) is 4.73 Å². The zero-order chi connectivity index (χ0) is 8.72. The summed E-state index contributed by atoms with van der Waals surface area (Å²) in [5.41, 5.74) is -1.31. The van der Waals surface area contributed by atoms with Crippen molar-refractivity contribution >= 4 is 23.6 Å². The molecule has 2 rings (SSSR count). The van der Waals surface area contributed by atoms with E-state index in [9.17, 15) is 9.59 Å². The van der Waals surface area contributed by atoms with Gasteiger partial charge in [0.25, 0.3) is 5.56 Å². The van der Waals surface area contributed by atoms with Crippen LogP contribution in [0.3, 0.4) is 0 Å². The number of aromatic amines is 2. The minimum Gasteiger partial charge on any atom is -0.425 e. The average Bonchev–Trinajstić information content (AvgIpc) is 2.33. The normalized spacial score (nSPS) is 9.85. The van der Waals surface area contributed by atoms with E-state index in [1.807, 2.05) is 4.98 Å². The molecule has 3 N–H and O–H groups in total. The fourth-order valence-corrected chi connectivity index (χ4v) is 0.924. The predicted octanol–water partition coefficient (Wildman–Crippen LogP) is -0.928. The number of hydrogen-bond donors (Lipinski definition) is 3. The molecule has 0 spiro atoms. The summed E-state index contributed by atoms with van der Waals surface area (Å²) in [6.45, 7) is 0. The van der Waals surface area contributed by atoms with Crippen molar-refractivity contribution in [2.45, 2.75) is 0 Å². The largest absolute Gasteiger partial charge is 0.425 e. The highest BCUT2D eigenvalue weighted by molar-refractivity contribution is 5.85. The maximum absolute atomic E-state index is 11.0. The van der Waals surface area contributed by atoms with E-state index in [4.69, 9.17) is 5.21 Å². The number of rotatable bonds is 0. The standard InChI is InChI=1S/C5H4N4O3.ClH/c10-4-2-3(7-5(11)8-4)9(12)1-6-2;/h1,12H,(H2,7,8,10,11);1H. The fourth-order valence-electron chi connectivity index (χ4n) is 0.924. The van der Waals surface area contributed by atoms with Crippen LogP contribution in [0.15, 0.2) is 15.9 Å². The Kier molecular flexibility index (Phi) is 2.11. The zero-order valence-corrected chi connectivity index (χ0v) is 6.96. The molecule has 2 heterocycles. The molecule has 0 saturated heterocycles. The maximum atomic E-state index is 11.0. The monoisotopic (exact) mass is 204 g/mol. The van der Waals surface area contributed by atoms with E-state index in [2.05, 4.69) is 9.97 Å². The van der Waals surface area contributed by atoms with E-state index in [0.717, 1.165) is 6.33 Å². The zero-order valence-electron chi connectivity index (χ0n) is 6.14. The molecule has 0 aliphatic rings. The van der Waals surface area contributed by atoms with Crippen molar-refractivity contribution in [3.63, 3.8) is 0 Å². The van der Waals surface area contributed by atoms with Gasteiger partial charge in [0.1, 0.15) is 6.33 Å². The van der Waals surface area contributed by atoms with Gasteiger partial charge in [-0.2, -0.15) is 4.73 Å². The molecule has 0 bridgehead atoms. The summed E-state index contributed by atoms with van der Waals surface area (Å²) in [6.07, 6.45) is 1.02. The Balaban J connectivity index is 0.000000845. The molecule has 0 atom stereocenters. The number of imidazole rings is 1. The first-order chi connectivity index (χ1) is 5.68. The maximum Gasteiger partial charge on any atom is 0.327 e. The lowest BCUT2D eigenvalue weighted by molar-refractivity contribution is 0.196. The van der Waals surface area contributed by atoms with Gasteiger partial charge in [0, 0.05) is 0 Å². The van der Waals surface area contributed by atoms with Crippen LogP contribution < -0.4 is 11.2 Å². The number of nitrogens with zero attached hydrogens (tertiary/aromatic N) is 2. The molecule has 0 aromatic carbocycles. The van der Waals surface area contributed by atoms with Gasteiger partial charge >= 0.3 is 5.69 Å². The van der Waals surface area contributed by atoms with E-state index in [1.165, 1.54) is 0 Å². The third-order valence-corrected chi connectivity index (χ3v) is 1.42. The highest BCUT2D eigenvalue weighted by Crippen LogP contribution is 1.97. The van der Waals surface area contributed by atoms with Crippen molar-refractivity contribution in [1.82, 2.24) is 19.7 Å². The molecule has 0 saturated carbocycles. The van der Waals surface area contributed by atoms with Crippen molar-refractivity contribution in [3.8, 4) is 0 Å². The second-order valence-corrected chi connectivity index (χ2v) is 2.19. The second-order valence-electron chi connectivity index (χ2n) is 2.19. The van der Waals surface area contributed by atoms with Gasteiger partial charge in [-0.3, -0.25) is 14.8 Å². The first-order valence-corrected chi connectivity index (χ1v) is 3.07. The third-order valence-electron chi connectivity index (χ3n) is 1.42. The van der Waals surface area contributed by atoms with E-state index >= 15 is 0 Å². The van der Waals surface area contributed by atoms with Crippen LogP contribution in [0.25, 0.3) is 11.2 Å². The number of H-pyrrole nitrogens is 2. The van der Waals surface area contributed by atoms with E-state index in [1.54, 1.807) is 0 Å². The molecular weight excluding hydrogens is 200 g/mol. The van der Waals surface area contributed by atoms with Crippen LogP contribution in [0.1, 0.15) is 0 Å². The topological polar surface area (TPSA) is 104 Å². The molecular formula is C5H5ClN4O3. The molecule has 70 valence electrons. The van der Waals surface area contributed by atoms with Crippen molar-refractivity contribution in [1.29, 1.82) is 0 Å². The Morgan fingerprint density at radius 2 is 2.08 bits per heavy atom. The summed E-state index contributed by atoms with van der Waals surface area (Å²) in [6, 6.07) is 0. The Hall–Kier alpha value is -1.76. The molecule has 8 heteroatoms. The molecule has 0 radical (unpaired) electrons. The quantitative estimate of drug-likeness (QED) is 0.483. The third kappa shape index (κ3) is 1.29. The van der Waals surface area contributed by atoms with Crippen LogP contribution in [0.2, 0.25) is 0 Å². The van der Waals surface area contributed by atoms with Crippen LogP contribution >= 0.6 is 12.4 Å². The van der Waals surface area contributed by atoms with Crippen LogP contribution in [0.4, 0.5) is 0 Å². The summed E-state index contributed by atoms with van der Waals surface area (Å²) in [5, 5.41) is 8.99. The lowest BCUT2D eigenvalue weighted by Crippen LogP contribution is -2.22. The summed E-state index contributed by atoms with van der Waals surface area (Å²) in [7, 11) is 0. The molecule has 13 heavy (non-hydrogen) atoms. The second kappa shape index (κ2) is 2.94. The predicted molar refractivity (Wildman–Crippen MR) is 45.4 cm³/mol. The molecule has 0 unspecified atom stereocenters. The molecule has 0 amide bonds. The van der Waals surface area contributed by atoms with Gasteiger partial charge in [-0.1, -0.05) is 0 Å². The Bertz CT molecular complexity index is 538. The van der Waals surface area contributed by atoms with Crippen molar-refractivity contribution in [2.24, 2.45) is 0 Å². The number of halogens is 1. The van der Waals surface area contributed by atoms with Crippen LogP contribution in [0.5, 0.6) is 0 Å².